The van der Waals surface area contributed by atoms with Crippen molar-refractivity contribution in [1.29, 1.82) is 0 Å². The molecule has 2 heterocycles. The predicted molar refractivity (Wildman–Crippen MR) is 189 cm³/mol. The Morgan fingerprint density at radius 2 is 1.57 bits per heavy atom. The average Bonchev–Trinajstić information content (AvgIpc) is 3.14. The van der Waals surface area contributed by atoms with Crippen LogP contribution in [0.25, 0.3) is 0 Å². The molecule has 51 heavy (non-hydrogen) atoms. The second-order valence-corrected chi connectivity index (χ2v) is 13.0. The number of ether oxygens (including phenoxy) is 2. The van der Waals surface area contributed by atoms with E-state index in [1.54, 1.807) is 33.2 Å². The van der Waals surface area contributed by atoms with Gasteiger partial charge >= 0.3 is 11.9 Å². The minimum atomic E-state index is -1.23. The summed E-state index contributed by atoms with van der Waals surface area (Å²) in [5.41, 5.74) is 0.622. The lowest BCUT2D eigenvalue weighted by Gasteiger charge is -2.43. The van der Waals surface area contributed by atoms with Gasteiger partial charge in [-0.3, -0.25) is 24.0 Å². The van der Waals surface area contributed by atoms with Gasteiger partial charge in [-0.25, -0.2) is 4.79 Å². The van der Waals surface area contributed by atoms with E-state index in [-0.39, 0.29) is 49.1 Å². The van der Waals surface area contributed by atoms with Crippen LogP contribution in [0.5, 0.6) is 0 Å². The number of esters is 2. The summed E-state index contributed by atoms with van der Waals surface area (Å²) >= 11 is 0. The second-order valence-electron chi connectivity index (χ2n) is 13.0. The first kappa shape index (κ1) is 37.0. The lowest BCUT2D eigenvalue weighted by atomic mass is 9.62. The Bertz CT molecular complexity index is 1800. The summed E-state index contributed by atoms with van der Waals surface area (Å²) in [6.45, 7) is 4.55. The summed E-state index contributed by atoms with van der Waals surface area (Å²) in [5.74, 6) is -2.51. The zero-order valence-electron chi connectivity index (χ0n) is 29.4. The molecule has 0 unspecified atom stereocenters. The Balaban J connectivity index is 1.37. The fourth-order valence-electron chi connectivity index (χ4n) is 7.25. The van der Waals surface area contributed by atoms with Crippen molar-refractivity contribution in [3.63, 3.8) is 0 Å². The van der Waals surface area contributed by atoms with Gasteiger partial charge in [0, 0.05) is 38.8 Å². The molecule has 3 aromatic rings. The number of fused-ring (bicyclic) bond motifs is 1. The van der Waals surface area contributed by atoms with Crippen LogP contribution >= 0.6 is 0 Å². The SMILES string of the molecule is CCOC(=O)CC[C@H](NC(=O)[C@@]1(c2ccccc2)CC[C@H](C(=O)N2CCC(NC(=O)c3cccn(C)c3=O)CC2)c2ccccc21)C(=O)OCC. The number of aryl methyl sites for hydroxylation is 1. The third-order valence-corrected chi connectivity index (χ3v) is 9.89. The molecule has 12 heteroatoms. The van der Waals surface area contributed by atoms with Crippen LogP contribution in [0.4, 0.5) is 0 Å². The number of likely N-dealkylation sites (tertiary alicyclic amines) is 1. The van der Waals surface area contributed by atoms with Crippen molar-refractivity contribution in [2.75, 3.05) is 26.3 Å². The molecule has 0 bridgehead atoms. The first-order valence-corrected chi connectivity index (χ1v) is 17.6. The molecule has 0 spiro atoms. The smallest absolute Gasteiger partial charge is 0.328 e. The van der Waals surface area contributed by atoms with E-state index >= 15 is 0 Å². The highest BCUT2D eigenvalue weighted by Gasteiger charge is 2.49. The Morgan fingerprint density at radius 1 is 0.882 bits per heavy atom. The highest BCUT2D eigenvalue weighted by molar-refractivity contribution is 5.97. The minimum Gasteiger partial charge on any atom is -0.466 e. The number of carbonyl (C=O) groups excluding carboxylic acids is 5. The number of aromatic nitrogens is 1. The Morgan fingerprint density at radius 3 is 2.27 bits per heavy atom. The Hall–Kier alpha value is -5.26. The van der Waals surface area contributed by atoms with Crippen molar-refractivity contribution in [3.8, 4) is 0 Å². The molecule has 0 saturated carbocycles. The summed E-state index contributed by atoms with van der Waals surface area (Å²) in [4.78, 5) is 81.2. The second kappa shape index (κ2) is 16.6. The number of piperidine rings is 1. The molecule has 1 aliphatic carbocycles. The molecule has 1 fully saturated rings. The van der Waals surface area contributed by atoms with Crippen LogP contribution in [0.3, 0.4) is 0 Å². The summed E-state index contributed by atoms with van der Waals surface area (Å²) in [6, 6.07) is 18.7. The van der Waals surface area contributed by atoms with E-state index in [1.807, 2.05) is 59.5 Å². The summed E-state index contributed by atoms with van der Waals surface area (Å²) < 4.78 is 11.7. The maximum absolute atomic E-state index is 14.6. The van der Waals surface area contributed by atoms with Crippen molar-refractivity contribution >= 4 is 29.7 Å². The van der Waals surface area contributed by atoms with Crippen molar-refractivity contribution in [3.05, 3.63) is 106 Å². The number of amides is 3. The zero-order valence-corrected chi connectivity index (χ0v) is 29.4. The van der Waals surface area contributed by atoms with E-state index in [0.29, 0.717) is 44.3 Å². The molecule has 3 atom stereocenters. The van der Waals surface area contributed by atoms with Gasteiger partial charge in [-0.15, -0.1) is 0 Å². The highest BCUT2D eigenvalue weighted by Crippen LogP contribution is 2.48. The van der Waals surface area contributed by atoms with E-state index < -0.39 is 41.1 Å². The number of pyridine rings is 1. The van der Waals surface area contributed by atoms with Crippen LogP contribution in [-0.4, -0.2) is 77.5 Å². The normalized spacial score (nSPS) is 19.3. The van der Waals surface area contributed by atoms with Gasteiger partial charge in [-0.2, -0.15) is 0 Å². The average molecular weight is 699 g/mol. The van der Waals surface area contributed by atoms with Crippen molar-refractivity contribution in [1.82, 2.24) is 20.1 Å². The number of rotatable bonds is 12. The standard InChI is InChI=1S/C39H46N4O8/c1-4-50-33(44)18-17-32(37(48)51-5-2)41-38(49)39(26-12-7-6-8-13-26)22-19-29(28-14-9-10-16-31(28)39)36(47)43-24-20-27(21-25-43)40-34(45)30-15-11-23-42(3)35(30)46/h6-16,23,27,29,32H,4-5,17-22,24-25H2,1-3H3,(H,40,45)(H,41,49)/t29-,32-,39+/m0/s1. The quantitative estimate of drug-likeness (QED) is 0.273. The molecule has 3 amide bonds. The van der Waals surface area contributed by atoms with E-state index in [1.165, 1.54) is 10.6 Å². The van der Waals surface area contributed by atoms with Gasteiger partial charge in [0.25, 0.3) is 11.5 Å². The van der Waals surface area contributed by atoms with Gasteiger partial charge in [0.15, 0.2) is 0 Å². The third-order valence-electron chi connectivity index (χ3n) is 9.89. The fourth-order valence-corrected chi connectivity index (χ4v) is 7.25. The van der Waals surface area contributed by atoms with Crippen LogP contribution < -0.4 is 16.2 Å². The number of hydrogen-bond acceptors (Lipinski definition) is 8. The predicted octanol–water partition coefficient (Wildman–Crippen LogP) is 3.36. The minimum absolute atomic E-state index is 0.00937. The van der Waals surface area contributed by atoms with Crippen LogP contribution in [0.1, 0.15) is 85.3 Å². The molecule has 1 aliphatic heterocycles. The monoisotopic (exact) mass is 698 g/mol. The maximum Gasteiger partial charge on any atom is 0.328 e. The molecule has 12 nitrogen and oxygen atoms in total. The van der Waals surface area contributed by atoms with Crippen molar-refractivity contribution in [2.24, 2.45) is 7.05 Å². The molecular weight excluding hydrogens is 652 g/mol. The number of nitrogens with one attached hydrogen (secondary N) is 2. The number of nitrogens with zero attached hydrogens (tertiary/aromatic N) is 2. The number of hydrogen-bond donors (Lipinski definition) is 2. The van der Waals surface area contributed by atoms with E-state index in [2.05, 4.69) is 10.6 Å². The molecule has 2 aliphatic rings. The lowest BCUT2D eigenvalue weighted by Crippen LogP contribution is -2.54. The van der Waals surface area contributed by atoms with Crippen LogP contribution in [0.15, 0.2) is 77.7 Å². The van der Waals surface area contributed by atoms with Crippen molar-refractivity contribution in [2.45, 2.75) is 75.8 Å². The molecule has 1 aromatic heterocycles. The largest absolute Gasteiger partial charge is 0.466 e. The zero-order chi connectivity index (χ0) is 36.5. The molecule has 2 N–H and O–H groups in total. The molecule has 2 aromatic carbocycles. The summed E-state index contributed by atoms with van der Waals surface area (Å²) in [5, 5.41) is 5.88. The maximum atomic E-state index is 14.6. The fraction of sp³-hybridized carbons (Fsp3) is 0.436. The van der Waals surface area contributed by atoms with Gasteiger partial charge in [-0.05, 0) is 74.8 Å². The van der Waals surface area contributed by atoms with Gasteiger partial charge in [0.05, 0.1) is 24.5 Å². The van der Waals surface area contributed by atoms with E-state index in [4.69, 9.17) is 9.47 Å². The number of benzene rings is 2. The van der Waals surface area contributed by atoms with Gasteiger partial charge in [-0.1, -0.05) is 54.6 Å². The van der Waals surface area contributed by atoms with Crippen LogP contribution in [0.2, 0.25) is 0 Å². The summed E-state index contributed by atoms with van der Waals surface area (Å²) in [6.07, 6.45) is 3.27. The molecular formula is C39H46N4O8. The van der Waals surface area contributed by atoms with Crippen LogP contribution in [-0.2, 0) is 41.1 Å². The van der Waals surface area contributed by atoms with Gasteiger partial charge in [0.2, 0.25) is 11.8 Å². The summed E-state index contributed by atoms with van der Waals surface area (Å²) in [7, 11) is 1.60. The van der Waals surface area contributed by atoms with E-state index in [9.17, 15) is 28.8 Å². The van der Waals surface area contributed by atoms with E-state index in [0.717, 1.165) is 11.1 Å². The Labute approximate surface area is 297 Å². The Kier molecular flexibility index (Phi) is 12.1. The molecule has 1 saturated heterocycles. The van der Waals surface area contributed by atoms with Crippen LogP contribution in [0, 0.1) is 0 Å². The van der Waals surface area contributed by atoms with Crippen molar-refractivity contribution < 1.29 is 33.4 Å². The highest BCUT2D eigenvalue weighted by atomic mass is 16.5. The lowest BCUT2D eigenvalue weighted by molar-refractivity contribution is -0.149. The topological polar surface area (TPSA) is 153 Å². The first-order chi connectivity index (χ1) is 24.6. The molecule has 0 radical (unpaired) electrons. The first-order valence-electron chi connectivity index (χ1n) is 17.6. The molecule has 5 rings (SSSR count). The third kappa shape index (κ3) is 8.05. The molecule has 270 valence electrons. The van der Waals surface area contributed by atoms with Gasteiger partial charge in [0.1, 0.15) is 11.6 Å². The number of carbonyl (C=O) groups is 5. The van der Waals surface area contributed by atoms with Gasteiger partial charge < -0.3 is 29.6 Å².